The van der Waals surface area contributed by atoms with Crippen molar-refractivity contribution in [2.45, 2.75) is 69.8 Å². The quantitative estimate of drug-likeness (QED) is 0.253. The number of carbonyl (C=O) groups is 2. The number of thioether (sulfide) groups is 1. The van der Waals surface area contributed by atoms with Crippen molar-refractivity contribution in [3.63, 3.8) is 0 Å². The molecule has 0 heterocycles. The van der Waals surface area contributed by atoms with E-state index < -0.39 is 6.04 Å². The molecule has 1 fully saturated rings. The van der Waals surface area contributed by atoms with Crippen LogP contribution in [-0.4, -0.2) is 34.6 Å². The Labute approximate surface area is 246 Å². The van der Waals surface area contributed by atoms with Gasteiger partial charge in [-0.05, 0) is 54.2 Å². The molecule has 1 aliphatic rings. The van der Waals surface area contributed by atoms with Gasteiger partial charge < -0.3 is 10.2 Å². The first-order valence-corrected chi connectivity index (χ1v) is 15.5. The zero-order valence-electron chi connectivity index (χ0n) is 22.4. The molecule has 1 atom stereocenters. The minimum atomic E-state index is -0.643. The third-order valence-electron chi connectivity index (χ3n) is 7.30. The summed E-state index contributed by atoms with van der Waals surface area (Å²) in [4.78, 5) is 29.5. The lowest BCUT2D eigenvalue weighted by atomic mass is 9.94. The van der Waals surface area contributed by atoms with Crippen LogP contribution in [0.25, 0.3) is 0 Å². The Kier molecular flexibility index (Phi) is 11.2. The predicted molar refractivity (Wildman–Crippen MR) is 163 cm³/mol. The fraction of sp³-hybridized carbons (Fsp3) is 0.375. The van der Waals surface area contributed by atoms with Crippen molar-refractivity contribution in [3.8, 4) is 0 Å². The average Bonchev–Trinajstić information content (AvgIpc) is 2.94. The van der Waals surface area contributed by atoms with Crippen molar-refractivity contribution >= 4 is 46.8 Å². The lowest BCUT2D eigenvalue weighted by Crippen LogP contribution is -2.53. The van der Waals surface area contributed by atoms with Gasteiger partial charge in [-0.2, -0.15) is 0 Å². The maximum absolute atomic E-state index is 13.9. The van der Waals surface area contributed by atoms with Crippen molar-refractivity contribution in [1.29, 1.82) is 0 Å². The lowest BCUT2D eigenvalue weighted by Gasteiger charge is -2.33. The molecule has 0 aromatic heterocycles. The highest BCUT2D eigenvalue weighted by molar-refractivity contribution is 7.99. The molecule has 2 amide bonds. The maximum atomic E-state index is 13.9. The fourth-order valence-corrected chi connectivity index (χ4v) is 6.34. The number of rotatable bonds is 11. The van der Waals surface area contributed by atoms with E-state index in [9.17, 15) is 9.59 Å². The van der Waals surface area contributed by atoms with Gasteiger partial charge >= 0.3 is 0 Å². The number of hydrogen-bond donors (Lipinski definition) is 1. The van der Waals surface area contributed by atoms with E-state index in [1.165, 1.54) is 17.5 Å². The number of carbonyl (C=O) groups excluding carboxylic acids is 2. The smallest absolute Gasteiger partial charge is 0.243 e. The second-order valence-electron chi connectivity index (χ2n) is 10.2. The van der Waals surface area contributed by atoms with Crippen molar-refractivity contribution in [2.24, 2.45) is 0 Å². The normalized spacial score (nSPS) is 14.5. The van der Waals surface area contributed by atoms with Crippen molar-refractivity contribution in [1.82, 2.24) is 10.2 Å². The van der Waals surface area contributed by atoms with E-state index in [0.29, 0.717) is 16.5 Å². The Morgan fingerprint density at radius 2 is 1.64 bits per heavy atom. The van der Waals surface area contributed by atoms with Crippen LogP contribution in [0.5, 0.6) is 0 Å². The van der Waals surface area contributed by atoms with Gasteiger partial charge in [-0.3, -0.25) is 9.59 Å². The van der Waals surface area contributed by atoms with Crippen LogP contribution in [0.3, 0.4) is 0 Å². The standard InChI is InChI=1S/C32H36Cl2N2O2S/c1-23-10-8-9-13-26(23)21-39-22-31(37)36(20-25-16-17-28(33)29(34)18-25)30(19-24-11-4-2-5-12-24)32(38)35-27-14-6-3-7-15-27/h2,4-5,8-13,16-18,27,30H,3,6-7,14-15,19-22H2,1H3,(H,35,38)/t30-/m0/s1. The summed E-state index contributed by atoms with van der Waals surface area (Å²) in [6.45, 7) is 2.36. The van der Waals surface area contributed by atoms with Crippen LogP contribution in [-0.2, 0) is 28.3 Å². The predicted octanol–water partition coefficient (Wildman–Crippen LogP) is 7.62. The van der Waals surface area contributed by atoms with Gasteiger partial charge in [0.1, 0.15) is 6.04 Å². The van der Waals surface area contributed by atoms with Crippen molar-refractivity contribution in [3.05, 3.63) is 105 Å². The minimum absolute atomic E-state index is 0.0700. The van der Waals surface area contributed by atoms with Gasteiger partial charge in [0.05, 0.1) is 15.8 Å². The molecule has 1 aliphatic carbocycles. The van der Waals surface area contributed by atoms with Gasteiger partial charge in [-0.1, -0.05) is 103 Å². The Morgan fingerprint density at radius 1 is 0.923 bits per heavy atom. The summed E-state index contributed by atoms with van der Waals surface area (Å²) in [5.41, 5.74) is 4.27. The van der Waals surface area contributed by atoms with Crippen LogP contribution in [0.1, 0.15) is 54.4 Å². The number of nitrogens with zero attached hydrogens (tertiary/aromatic N) is 1. The highest BCUT2D eigenvalue weighted by atomic mass is 35.5. The number of hydrogen-bond acceptors (Lipinski definition) is 3. The topological polar surface area (TPSA) is 49.4 Å². The molecule has 39 heavy (non-hydrogen) atoms. The number of aryl methyl sites for hydroxylation is 1. The van der Waals surface area contributed by atoms with Crippen molar-refractivity contribution < 1.29 is 9.59 Å². The third-order valence-corrected chi connectivity index (χ3v) is 9.01. The van der Waals surface area contributed by atoms with Gasteiger partial charge in [0.2, 0.25) is 11.8 Å². The monoisotopic (exact) mass is 582 g/mol. The van der Waals surface area contributed by atoms with Crippen LogP contribution in [0.2, 0.25) is 10.0 Å². The van der Waals surface area contributed by atoms with Crippen LogP contribution in [0.15, 0.2) is 72.8 Å². The second kappa shape index (κ2) is 14.8. The third kappa shape index (κ3) is 8.76. The Morgan fingerprint density at radius 3 is 2.36 bits per heavy atom. The molecule has 7 heteroatoms. The zero-order chi connectivity index (χ0) is 27.6. The molecule has 0 spiro atoms. The van der Waals surface area contributed by atoms with Crippen LogP contribution < -0.4 is 5.32 Å². The van der Waals surface area contributed by atoms with E-state index in [1.807, 2.05) is 48.5 Å². The maximum Gasteiger partial charge on any atom is 0.243 e. The largest absolute Gasteiger partial charge is 0.352 e. The molecular formula is C32H36Cl2N2O2S. The molecule has 4 rings (SSSR count). The highest BCUT2D eigenvalue weighted by Gasteiger charge is 2.32. The molecule has 3 aromatic rings. The summed E-state index contributed by atoms with van der Waals surface area (Å²) in [5.74, 6) is 0.844. The summed E-state index contributed by atoms with van der Waals surface area (Å²) < 4.78 is 0. The zero-order valence-corrected chi connectivity index (χ0v) is 24.7. The first-order chi connectivity index (χ1) is 18.9. The molecular weight excluding hydrogens is 547 g/mol. The highest BCUT2D eigenvalue weighted by Crippen LogP contribution is 2.26. The molecule has 4 nitrogen and oxygen atoms in total. The van der Waals surface area contributed by atoms with Gasteiger partial charge in [0, 0.05) is 24.8 Å². The van der Waals surface area contributed by atoms with Crippen LogP contribution in [0.4, 0.5) is 0 Å². The minimum Gasteiger partial charge on any atom is -0.352 e. The Bertz CT molecular complexity index is 1250. The number of nitrogens with one attached hydrogen (secondary N) is 1. The van der Waals surface area contributed by atoms with E-state index in [-0.39, 0.29) is 30.2 Å². The lowest BCUT2D eigenvalue weighted by molar-refractivity contribution is -0.139. The van der Waals surface area contributed by atoms with Gasteiger partial charge in [-0.15, -0.1) is 11.8 Å². The van der Waals surface area contributed by atoms with Crippen LogP contribution in [0, 0.1) is 6.92 Å². The van der Waals surface area contributed by atoms with Crippen molar-refractivity contribution in [2.75, 3.05) is 5.75 Å². The second-order valence-corrected chi connectivity index (χ2v) is 12.0. The molecule has 0 radical (unpaired) electrons. The summed E-state index contributed by atoms with van der Waals surface area (Å²) in [6.07, 6.45) is 5.86. The van der Waals surface area contributed by atoms with E-state index in [1.54, 1.807) is 28.8 Å². The summed E-state index contributed by atoms with van der Waals surface area (Å²) >= 11 is 14.1. The number of benzene rings is 3. The number of halogens is 2. The summed E-state index contributed by atoms with van der Waals surface area (Å²) in [7, 11) is 0. The SMILES string of the molecule is Cc1ccccc1CSCC(=O)N(Cc1ccc(Cl)c(Cl)c1)[C@@H](Cc1ccccc1)C(=O)NC1CCCCC1. The van der Waals surface area contributed by atoms with Gasteiger partial charge in [-0.25, -0.2) is 0 Å². The molecule has 206 valence electrons. The van der Waals surface area contributed by atoms with Gasteiger partial charge in [0.15, 0.2) is 0 Å². The molecule has 3 aromatic carbocycles. The Balaban J connectivity index is 1.59. The van der Waals surface area contributed by atoms with E-state index in [4.69, 9.17) is 23.2 Å². The average molecular weight is 584 g/mol. The molecule has 0 bridgehead atoms. The first-order valence-electron chi connectivity index (χ1n) is 13.6. The fourth-order valence-electron chi connectivity index (χ4n) is 5.04. The molecule has 1 saturated carbocycles. The molecule has 1 N–H and O–H groups in total. The molecule has 0 unspecified atom stereocenters. The van der Waals surface area contributed by atoms with E-state index >= 15 is 0 Å². The van der Waals surface area contributed by atoms with Gasteiger partial charge in [0.25, 0.3) is 0 Å². The van der Waals surface area contributed by atoms with E-state index in [0.717, 1.165) is 42.6 Å². The van der Waals surface area contributed by atoms with Crippen LogP contribution >= 0.6 is 35.0 Å². The number of amides is 2. The van der Waals surface area contributed by atoms with E-state index in [2.05, 4.69) is 24.4 Å². The molecule has 0 aliphatic heterocycles. The summed E-state index contributed by atoms with van der Waals surface area (Å²) in [6, 6.07) is 23.0. The molecule has 0 saturated heterocycles. The summed E-state index contributed by atoms with van der Waals surface area (Å²) in [5, 5.41) is 4.18. The first kappa shape index (κ1) is 29.5. The Hall–Kier alpha value is -2.47.